The Morgan fingerprint density at radius 2 is 1.84 bits per heavy atom. The summed E-state index contributed by atoms with van der Waals surface area (Å²) in [5.74, 6) is 0.710. The molecule has 2 aromatic carbocycles. The summed E-state index contributed by atoms with van der Waals surface area (Å²) in [6, 6.07) is 17.5. The van der Waals surface area contributed by atoms with Crippen LogP contribution in [-0.4, -0.2) is 59.1 Å². The molecule has 0 aliphatic carbocycles. The quantitative estimate of drug-likeness (QED) is 0.651. The smallest absolute Gasteiger partial charge is 0.214 e. The monoisotopic (exact) mass is 423 g/mol. The standard InChI is InChI=1S/C23H27FN6O/c24-20-10-4-5-11-21(20)28-12-14-29(15-13-28)22(18-7-2-1-3-8-18)23-25-26-27-30(23)17-19-9-6-16-31-19/h1-5,7-8,10-11,19,22H,6,9,12-17H2/p+1/t19-,22+/m0/s1. The van der Waals surface area contributed by atoms with E-state index in [1.807, 2.05) is 22.9 Å². The van der Waals surface area contributed by atoms with Crippen LogP contribution in [0.1, 0.15) is 30.3 Å². The SMILES string of the molecule is Fc1ccccc1N1CC[NH+]([C@H](c2ccccc2)c2nnnn2C[C@@H]2CCCO2)CC1. The number of hydrogen-bond donors (Lipinski definition) is 1. The van der Waals surface area contributed by atoms with Crippen molar-refractivity contribution in [2.45, 2.75) is 31.5 Å². The zero-order valence-corrected chi connectivity index (χ0v) is 17.5. The highest BCUT2D eigenvalue weighted by Crippen LogP contribution is 2.22. The third-order valence-electron chi connectivity index (χ3n) is 6.36. The van der Waals surface area contributed by atoms with Gasteiger partial charge in [-0.2, -0.15) is 0 Å². The van der Waals surface area contributed by atoms with Crippen molar-refractivity contribution in [3.05, 3.63) is 71.8 Å². The molecule has 3 aromatic rings. The molecule has 2 fully saturated rings. The van der Waals surface area contributed by atoms with Gasteiger partial charge >= 0.3 is 0 Å². The largest absolute Gasteiger partial charge is 0.376 e. The molecule has 2 aliphatic heterocycles. The van der Waals surface area contributed by atoms with Crippen molar-refractivity contribution >= 4 is 5.69 Å². The zero-order chi connectivity index (χ0) is 21.0. The van der Waals surface area contributed by atoms with E-state index in [-0.39, 0.29) is 18.0 Å². The summed E-state index contributed by atoms with van der Waals surface area (Å²) in [6.07, 6.45) is 2.31. The molecule has 162 valence electrons. The minimum absolute atomic E-state index is 0.0281. The first-order chi connectivity index (χ1) is 15.3. The molecule has 2 saturated heterocycles. The normalized spacial score (nSPS) is 20.8. The van der Waals surface area contributed by atoms with Crippen LogP contribution in [0.15, 0.2) is 54.6 Å². The molecule has 0 spiro atoms. The lowest BCUT2D eigenvalue weighted by Gasteiger charge is -2.37. The lowest BCUT2D eigenvalue weighted by atomic mass is 10.0. The van der Waals surface area contributed by atoms with Crippen LogP contribution in [0.3, 0.4) is 0 Å². The molecule has 0 unspecified atom stereocenters. The van der Waals surface area contributed by atoms with Gasteiger partial charge in [-0.1, -0.05) is 42.5 Å². The number of hydrogen-bond acceptors (Lipinski definition) is 5. The average Bonchev–Trinajstić information content (AvgIpc) is 3.49. The van der Waals surface area contributed by atoms with Crippen molar-refractivity contribution in [1.29, 1.82) is 0 Å². The summed E-state index contributed by atoms with van der Waals surface area (Å²) in [4.78, 5) is 3.53. The Morgan fingerprint density at radius 3 is 2.58 bits per heavy atom. The van der Waals surface area contributed by atoms with E-state index in [9.17, 15) is 4.39 Å². The Bertz CT molecular complexity index is 982. The molecule has 8 heteroatoms. The van der Waals surface area contributed by atoms with Crippen LogP contribution < -0.4 is 9.80 Å². The van der Waals surface area contributed by atoms with Crippen molar-refractivity contribution in [2.75, 3.05) is 37.7 Å². The van der Waals surface area contributed by atoms with Gasteiger partial charge in [0.25, 0.3) is 0 Å². The number of rotatable bonds is 6. The molecule has 0 amide bonds. The van der Waals surface area contributed by atoms with Crippen molar-refractivity contribution in [2.24, 2.45) is 0 Å². The first-order valence-corrected chi connectivity index (χ1v) is 11.1. The first kappa shape index (κ1) is 20.1. The van der Waals surface area contributed by atoms with Gasteiger partial charge in [-0.25, -0.2) is 9.07 Å². The van der Waals surface area contributed by atoms with E-state index in [0.29, 0.717) is 12.2 Å². The van der Waals surface area contributed by atoms with E-state index in [2.05, 4.69) is 44.7 Å². The van der Waals surface area contributed by atoms with Crippen LogP contribution in [0.4, 0.5) is 10.1 Å². The van der Waals surface area contributed by atoms with Crippen molar-refractivity contribution in [3.8, 4) is 0 Å². The number of aromatic nitrogens is 4. The molecule has 7 nitrogen and oxygen atoms in total. The second kappa shape index (κ2) is 9.11. The van der Waals surface area contributed by atoms with E-state index < -0.39 is 0 Å². The Hall–Kier alpha value is -2.84. The second-order valence-corrected chi connectivity index (χ2v) is 8.29. The van der Waals surface area contributed by atoms with Crippen LogP contribution >= 0.6 is 0 Å². The molecular weight excluding hydrogens is 395 g/mol. The highest BCUT2D eigenvalue weighted by Gasteiger charge is 2.35. The van der Waals surface area contributed by atoms with Crippen LogP contribution in [0.5, 0.6) is 0 Å². The van der Waals surface area contributed by atoms with E-state index in [1.165, 1.54) is 16.5 Å². The summed E-state index contributed by atoms with van der Waals surface area (Å²) >= 11 is 0. The maximum atomic E-state index is 14.3. The maximum absolute atomic E-state index is 14.3. The summed E-state index contributed by atoms with van der Waals surface area (Å²) < 4.78 is 22.0. The number of benzene rings is 2. The van der Waals surface area contributed by atoms with Gasteiger partial charge in [0.15, 0.2) is 6.04 Å². The van der Waals surface area contributed by atoms with Gasteiger partial charge in [0.1, 0.15) is 5.82 Å². The van der Waals surface area contributed by atoms with E-state index in [0.717, 1.165) is 51.5 Å². The van der Waals surface area contributed by atoms with Gasteiger partial charge in [0.05, 0.1) is 44.5 Å². The molecule has 2 atom stereocenters. The van der Waals surface area contributed by atoms with Gasteiger partial charge < -0.3 is 14.5 Å². The third kappa shape index (κ3) is 4.31. The predicted molar refractivity (Wildman–Crippen MR) is 114 cm³/mol. The molecule has 2 aliphatic rings. The molecule has 3 heterocycles. The highest BCUT2D eigenvalue weighted by atomic mass is 19.1. The highest BCUT2D eigenvalue weighted by molar-refractivity contribution is 5.47. The number of anilines is 1. The van der Waals surface area contributed by atoms with Gasteiger partial charge in [-0.15, -0.1) is 5.10 Å². The van der Waals surface area contributed by atoms with Gasteiger partial charge in [-0.05, 0) is 35.4 Å². The predicted octanol–water partition coefficient (Wildman–Crippen LogP) is 1.49. The van der Waals surface area contributed by atoms with Gasteiger partial charge in [0.2, 0.25) is 5.82 Å². The lowest BCUT2D eigenvalue weighted by Crippen LogP contribution is -3.15. The Balaban J connectivity index is 1.39. The third-order valence-corrected chi connectivity index (χ3v) is 6.36. The number of quaternary nitrogens is 1. The molecule has 31 heavy (non-hydrogen) atoms. The topological polar surface area (TPSA) is 60.5 Å². The van der Waals surface area contributed by atoms with Gasteiger partial charge in [0, 0.05) is 12.2 Å². The van der Waals surface area contributed by atoms with Gasteiger partial charge in [-0.3, -0.25) is 0 Å². The van der Waals surface area contributed by atoms with E-state index in [1.54, 1.807) is 6.07 Å². The van der Waals surface area contributed by atoms with Crippen molar-refractivity contribution in [1.82, 2.24) is 20.2 Å². The van der Waals surface area contributed by atoms with Crippen LogP contribution in [-0.2, 0) is 11.3 Å². The Labute approximate surface area is 181 Å². The summed E-state index contributed by atoms with van der Waals surface area (Å²) in [7, 11) is 0. The molecule has 0 bridgehead atoms. The fourth-order valence-corrected chi connectivity index (χ4v) is 4.77. The number of tetrazole rings is 1. The van der Waals surface area contributed by atoms with Crippen LogP contribution in [0.2, 0.25) is 0 Å². The molecule has 1 N–H and O–H groups in total. The molecule has 0 radical (unpaired) electrons. The van der Waals surface area contributed by atoms with Crippen LogP contribution in [0, 0.1) is 5.82 Å². The number of nitrogens with one attached hydrogen (secondary N) is 1. The number of para-hydroxylation sites is 1. The second-order valence-electron chi connectivity index (χ2n) is 8.29. The number of ether oxygens (including phenoxy) is 1. The molecule has 0 saturated carbocycles. The van der Waals surface area contributed by atoms with Crippen molar-refractivity contribution in [3.63, 3.8) is 0 Å². The lowest BCUT2D eigenvalue weighted by molar-refractivity contribution is -0.927. The zero-order valence-electron chi connectivity index (χ0n) is 17.5. The minimum Gasteiger partial charge on any atom is -0.376 e. The van der Waals surface area contributed by atoms with Crippen LogP contribution in [0.25, 0.3) is 0 Å². The summed E-state index contributed by atoms with van der Waals surface area (Å²) in [6.45, 7) is 4.81. The summed E-state index contributed by atoms with van der Waals surface area (Å²) in [5.41, 5.74) is 1.88. The molecule has 5 rings (SSSR count). The van der Waals surface area contributed by atoms with Crippen molar-refractivity contribution < 1.29 is 14.0 Å². The number of halogens is 1. The Kier molecular flexibility index (Phi) is 5.90. The molecule has 1 aromatic heterocycles. The maximum Gasteiger partial charge on any atom is 0.214 e. The minimum atomic E-state index is -0.161. The summed E-state index contributed by atoms with van der Waals surface area (Å²) in [5, 5.41) is 12.8. The van der Waals surface area contributed by atoms with E-state index >= 15 is 0 Å². The van der Waals surface area contributed by atoms with E-state index in [4.69, 9.17) is 4.74 Å². The average molecular weight is 424 g/mol. The molecular formula is C23H28FN6O+. The fourth-order valence-electron chi connectivity index (χ4n) is 4.77. The number of nitrogens with zero attached hydrogens (tertiary/aromatic N) is 5. The fraction of sp³-hybridized carbons (Fsp3) is 0.435. The number of piperazine rings is 1. The first-order valence-electron chi connectivity index (χ1n) is 11.1. The Morgan fingerprint density at radius 1 is 1.06 bits per heavy atom.